The zero-order valence-electron chi connectivity index (χ0n) is 47.5. The molecule has 16 nitrogen and oxygen atoms in total. The number of ether oxygens (including phenoxy) is 8. The maximum absolute atomic E-state index is 13.0. The van der Waals surface area contributed by atoms with Crippen LogP contribution in [-0.2, 0) is 63.8 Å². The molecule has 4 unspecified atom stereocenters. The topological polar surface area (TPSA) is 194 Å². The van der Waals surface area contributed by atoms with E-state index in [1.165, 1.54) is 52.2 Å². The molecule has 0 aliphatic heterocycles. The van der Waals surface area contributed by atoms with Crippen LogP contribution in [0.15, 0.2) is 43.0 Å². The predicted molar refractivity (Wildman–Crippen MR) is 281 cm³/mol. The van der Waals surface area contributed by atoms with Gasteiger partial charge in [-0.3, -0.25) is 39.1 Å². The van der Waals surface area contributed by atoms with Gasteiger partial charge in [-0.05, 0) is 135 Å². The Bertz CT molecular complexity index is 2810. The van der Waals surface area contributed by atoms with Crippen molar-refractivity contribution >= 4 is 23.9 Å². The number of esters is 4. The average Bonchev–Trinajstić information content (AvgIpc) is 4.22. The molecule has 458 valence electrons. The van der Waals surface area contributed by atoms with Crippen molar-refractivity contribution in [1.29, 1.82) is 0 Å². The van der Waals surface area contributed by atoms with Crippen LogP contribution >= 0.6 is 0 Å². The summed E-state index contributed by atoms with van der Waals surface area (Å²) in [6.07, 6.45) is 7.53. The first-order valence-corrected chi connectivity index (χ1v) is 27.4. The standard InChI is InChI=1S/C15H16F5NO3.C15H17F4NO3.2C14H19NO3/c1-9(22)24-12-5-3-2-4-10-11(6-7-21-13(10)12)23-8-14(16,17)15(18,19)20;1-9(21)23-12-5-3-2-4-10-11(6-7-20-13(10)12)22-8-15(18,19)14(16)17;1-9-8-15-13-11(14(9)17-3)6-4-5-7-12(13)18-10(2)16;1-3-17-12-8-9-15-14-11(12)6-4-5-7-13(14)18-10(2)16/h6-7,12H,2-5,8H2,1H3;6-7,12,14H,2-5,8H2,1H3;8,12H,4-7H2,1-3H3;8-9,13H,3-7H2,1-2H3. The van der Waals surface area contributed by atoms with E-state index in [4.69, 9.17) is 37.9 Å². The summed E-state index contributed by atoms with van der Waals surface area (Å²) >= 11 is 0. The molecule has 25 heteroatoms. The molecule has 0 amide bonds. The highest BCUT2D eigenvalue weighted by molar-refractivity contribution is 5.67. The maximum Gasteiger partial charge on any atom is 0.456 e. The van der Waals surface area contributed by atoms with Crippen LogP contribution in [0.4, 0.5) is 39.5 Å². The number of hydrogen-bond donors (Lipinski definition) is 0. The quantitative estimate of drug-likeness (QED) is 0.0500. The van der Waals surface area contributed by atoms with E-state index >= 15 is 0 Å². The average molecular weight is 1190 g/mol. The van der Waals surface area contributed by atoms with Gasteiger partial charge in [-0.25, -0.2) is 8.78 Å². The van der Waals surface area contributed by atoms with E-state index in [0.29, 0.717) is 67.6 Å². The molecule has 0 bridgehead atoms. The number of aromatic nitrogens is 4. The minimum atomic E-state index is -5.68. The third-order valence-electron chi connectivity index (χ3n) is 13.6. The summed E-state index contributed by atoms with van der Waals surface area (Å²) in [5.74, 6) is -8.94. The van der Waals surface area contributed by atoms with Crippen molar-refractivity contribution in [1.82, 2.24) is 19.9 Å². The highest BCUT2D eigenvalue weighted by Gasteiger charge is 2.58. The van der Waals surface area contributed by atoms with Gasteiger partial charge in [0.15, 0.2) is 13.2 Å². The molecule has 4 atom stereocenters. The van der Waals surface area contributed by atoms with Crippen LogP contribution in [0.3, 0.4) is 0 Å². The Hall–Kier alpha value is -6.95. The van der Waals surface area contributed by atoms with Crippen molar-refractivity contribution in [3.8, 4) is 23.0 Å². The van der Waals surface area contributed by atoms with Crippen molar-refractivity contribution in [3.05, 3.63) is 93.6 Å². The van der Waals surface area contributed by atoms with Crippen molar-refractivity contribution in [2.75, 3.05) is 26.9 Å². The summed E-state index contributed by atoms with van der Waals surface area (Å²) < 4.78 is 155. The van der Waals surface area contributed by atoms with E-state index < -0.39 is 61.8 Å². The van der Waals surface area contributed by atoms with Gasteiger partial charge in [-0.2, -0.15) is 30.7 Å². The third kappa shape index (κ3) is 19.3. The van der Waals surface area contributed by atoms with Crippen LogP contribution in [0.25, 0.3) is 0 Å². The van der Waals surface area contributed by atoms with Crippen molar-refractivity contribution in [2.24, 2.45) is 0 Å². The fourth-order valence-corrected chi connectivity index (χ4v) is 9.90. The van der Waals surface area contributed by atoms with Gasteiger partial charge in [-0.1, -0.05) is 0 Å². The molecule has 4 aliphatic rings. The Kier molecular flexibility index (Phi) is 25.0. The second kappa shape index (κ2) is 31.1. The lowest BCUT2D eigenvalue weighted by atomic mass is 10.0. The summed E-state index contributed by atoms with van der Waals surface area (Å²) in [7, 11) is 1.67. The van der Waals surface area contributed by atoms with Crippen LogP contribution in [0, 0.1) is 6.92 Å². The number of pyridine rings is 4. The number of methoxy groups -OCH3 is 1. The number of hydrogen-bond acceptors (Lipinski definition) is 16. The Morgan fingerprint density at radius 2 is 0.855 bits per heavy atom. The van der Waals surface area contributed by atoms with Crippen LogP contribution in [0.5, 0.6) is 23.0 Å². The monoisotopic (exact) mass is 1190 g/mol. The number of halogens is 9. The molecule has 4 aliphatic carbocycles. The summed E-state index contributed by atoms with van der Waals surface area (Å²) in [4.78, 5) is 61.8. The lowest BCUT2D eigenvalue weighted by Crippen LogP contribution is -2.41. The van der Waals surface area contributed by atoms with Crippen LogP contribution in [0.2, 0.25) is 0 Å². The molecule has 0 aromatic carbocycles. The van der Waals surface area contributed by atoms with Crippen molar-refractivity contribution in [2.45, 2.75) is 193 Å². The van der Waals surface area contributed by atoms with Gasteiger partial charge in [0, 0.05) is 80.3 Å². The summed E-state index contributed by atoms with van der Waals surface area (Å²) in [6, 6.07) is 4.48. The third-order valence-corrected chi connectivity index (χ3v) is 13.6. The Labute approximate surface area is 475 Å². The Balaban J connectivity index is 0.000000204. The van der Waals surface area contributed by atoms with Crippen LogP contribution in [0.1, 0.15) is 187 Å². The zero-order valence-corrected chi connectivity index (χ0v) is 47.5. The second-order valence-electron chi connectivity index (χ2n) is 20.0. The second-order valence-corrected chi connectivity index (χ2v) is 20.0. The minimum absolute atomic E-state index is 0.0781. The van der Waals surface area contributed by atoms with Gasteiger partial charge < -0.3 is 37.9 Å². The number of alkyl halides is 9. The van der Waals surface area contributed by atoms with Gasteiger partial charge in [0.25, 0.3) is 0 Å². The van der Waals surface area contributed by atoms with E-state index in [1.807, 2.05) is 19.9 Å². The smallest absolute Gasteiger partial charge is 0.456 e. The van der Waals surface area contributed by atoms with E-state index in [9.17, 15) is 58.7 Å². The molecule has 0 saturated heterocycles. The van der Waals surface area contributed by atoms with Crippen molar-refractivity contribution < 1.29 is 96.6 Å². The van der Waals surface area contributed by atoms with Gasteiger partial charge in [0.05, 0.1) is 36.5 Å². The van der Waals surface area contributed by atoms with Crippen molar-refractivity contribution in [3.63, 3.8) is 0 Å². The molecule has 0 saturated carbocycles. The minimum Gasteiger partial charge on any atom is -0.496 e. The first kappa shape index (κ1) is 66.8. The number of rotatable bonds is 14. The molecular formula is C58H71F9N4O12. The molecule has 8 rings (SSSR count). The highest BCUT2D eigenvalue weighted by atomic mass is 19.4. The Morgan fingerprint density at radius 3 is 1.18 bits per heavy atom. The van der Waals surface area contributed by atoms with Gasteiger partial charge in [0.1, 0.15) is 47.4 Å². The van der Waals surface area contributed by atoms with Gasteiger partial charge in [-0.15, -0.1) is 0 Å². The van der Waals surface area contributed by atoms with E-state index in [1.54, 1.807) is 19.5 Å². The first-order chi connectivity index (χ1) is 39.3. The predicted octanol–water partition coefficient (Wildman–Crippen LogP) is 13.2. The fraction of sp³-hybridized carbons (Fsp3) is 0.586. The van der Waals surface area contributed by atoms with Crippen LogP contribution in [-0.4, -0.2) is 95.2 Å². The highest BCUT2D eigenvalue weighted by Crippen LogP contribution is 2.41. The van der Waals surface area contributed by atoms with Crippen LogP contribution < -0.4 is 18.9 Å². The summed E-state index contributed by atoms with van der Waals surface area (Å²) in [5.41, 5.74) is 6.68. The number of carbonyl (C=O) groups excluding carboxylic acids is 4. The lowest BCUT2D eigenvalue weighted by Gasteiger charge is -2.22. The molecule has 83 heavy (non-hydrogen) atoms. The lowest BCUT2D eigenvalue weighted by molar-refractivity contribution is -0.290. The molecule has 4 aromatic heterocycles. The zero-order chi connectivity index (χ0) is 61.1. The molecule has 0 fully saturated rings. The number of nitrogens with zero attached hydrogens (tertiary/aromatic N) is 4. The largest absolute Gasteiger partial charge is 0.496 e. The molecule has 4 aromatic rings. The summed E-state index contributed by atoms with van der Waals surface area (Å²) in [5, 5.41) is 0. The number of aryl methyl sites for hydroxylation is 1. The molecular weight excluding hydrogens is 1120 g/mol. The first-order valence-electron chi connectivity index (χ1n) is 27.4. The van der Waals surface area contributed by atoms with Gasteiger partial charge in [0.2, 0.25) is 0 Å². The molecule has 0 radical (unpaired) electrons. The Morgan fingerprint density at radius 1 is 0.518 bits per heavy atom. The molecule has 0 N–H and O–H groups in total. The maximum atomic E-state index is 13.0. The number of carbonyl (C=O) groups is 4. The normalized spacial score (nSPS) is 18.5. The number of fused-ring (bicyclic) bond motifs is 4. The summed E-state index contributed by atoms with van der Waals surface area (Å²) in [6.45, 7) is 6.74. The van der Waals surface area contributed by atoms with E-state index in [-0.39, 0.29) is 35.6 Å². The van der Waals surface area contributed by atoms with E-state index in [2.05, 4.69) is 19.9 Å². The van der Waals surface area contributed by atoms with E-state index in [0.717, 1.165) is 104 Å². The SMILES string of the molecule is CC(=O)OC1CCCCc2c(OCC(F)(F)C(F)(F)F)ccnc21.CC(=O)OC1CCCCc2c(OCC(F)(F)C(F)F)ccnc21.CCOc1ccnc2c1CCCCC2OC(C)=O.COc1c(C)cnc2c1CCCCC2OC(C)=O. The molecule has 4 heterocycles. The fourth-order valence-electron chi connectivity index (χ4n) is 9.90. The van der Waals surface area contributed by atoms with Gasteiger partial charge >= 0.3 is 48.3 Å². The molecule has 0 spiro atoms.